The Kier molecular flexibility index (Phi) is 4.37. The number of halogens is 1. The van der Waals surface area contributed by atoms with E-state index in [1.165, 1.54) is 12.1 Å². The van der Waals surface area contributed by atoms with E-state index in [1.807, 2.05) is 16.7 Å². The lowest BCUT2D eigenvalue weighted by molar-refractivity contribution is 0.331. The Bertz CT molecular complexity index is 1370. The number of aromatic hydroxyl groups is 1. The van der Waals surface area contributed by atoms with Crippen molar-refractivity contribution in [3.8, 4) is 23.3 Å². The van der Waals surface area contributed by atoms with Crippen molar-refractivity contribution in [3.05, 3.63) is 99.9 Å². The van der Waals surface area contributed by atoms with Crippen molar-refractivity contribution >= 4 is 0 Å². The summed E-state index contributed by atoms with van der Waals surface area (Å²) < 4.78 is 17.1. The summed E-state index contributed by atoms with van der Waals surface area (Å²) in [5.74, 6) is -0.596. The second-order valence-electron chi connectivity index (χ2n) is 7.38. The van der Waals surface area contributed by atoms with Crippen LogP contribution in [0.15, 0.2) is 71.9 Å². The molecule has 0 bridgehead atoms. The van der Waals surface area contributed by atoms with Crippen molar-refractivity contribution in [2.45, 2.75) is 18.5 Å². The van der Waals surface area contributed by atoms with Crippen molar-refractivity contribution in [1.29, 1.82) is 5.26 Å². The van der Waals surface area contributed by atoms with E-state index in [9.17, 15) is 14.3 Å². The monoisotopic (exact) mass is 413 g/mol. The normalized spacial score (nSPS) is 15.5. The quantitative estimate of drug-likeness (QED) is 0.556. The molecule has 3 heterocycles. The van der Waals surface area contributed by atoms with Crippen LogP contribution < -0.4 is 5.43 Å². The van der Waals surface area contributed by atoms with E-state index in [4.69, 9.17) is 5.26 Å². The molecule has 2 aromatic carbocycles. The number of aromatic nitrogens is 4. The summed E-state index contributed by atoms with van der Waals surface area (Å²) >= 11 is 0. The maximum absolute atomic E-state index is 13.7. The van der Waals surface area contributed by atoms with Gasteiger partial charge in [0.25, 0.3) is 0 Å². The summed E-state index contributed by atoms with van der Waals surface area (Å²) in [6, 6.07) is 15.2. The molecule has 0 fully saturated rings. The molecule has 8 heteroatoms. The number of nitrogens with zero attached hydrogens (tertiary/aromatic N) is 5. The lowest BCUT2D eigenvalue weighted by atomic mass is 9.83. The fourth-order valence-electron chi connectivity index (χ4n) is 4.19. The molecule has 1 aliphatic rings. The van der Waals surface area contributed by atoms with Crippen molar-refractivity contribution in [2.75, 3.05) is 0 Å². The summed E-state index contributed by atoms with van der Waals surface area (Å²) in [7, 11) is 0. The molecule has 4 aromatic rings. The van der Waals surface area contributed by atoms with Gasteiger partial charge in [-0.2, -0.15) is 10.4 Å². The lowest BCUT2D eigenvalue weighted by Gasteiger charge is -2.34. The molecule has 0 aliphatic carbocycles. The Morgan fingerprint density at radius 3 is 2.48 bits per heavy atom. The van der Waals surface area contributed by atoms with Gasteiger partial charge in [0, 0.05) is 24.9 Å². The highest BCUT2D eigenvalue weighted by Crippen LogP contribution is 2.42. The van der Waals surface area contributed by atoms with Gasteiger partial charge in [-0.25, -0.2) is 9.37 Å². The third kappa shape index (κ3) is 3.07. The molecule has 31 heavy (non-hydrogen) atoms. The SMILES string of the molecule is N#Cc1ccc([C@H](c2ccc(F)cc2)[C@H]2Cn3ccnc3-c3c(O)c(=O)cnn32)cc1. The standard InChI is InChI=1S/C23H16FN5O2/c24-17-7-5-16(6-8-17)20(15-3-1-14(11-25)2-4-15)18-13-28-10-9-26-23(28)21-22(31)19(30)12-27-29(18)21/h1-10,12,18,20,31H,13H2/t18-,20-/m1/s1. The van der Waals surface area contributed by atoms with Gasteiger partial charge in [0.1, 0.15) is 11.5 Å². The van der Waals surface area contributed by atoms with Crippen LogP contribution in [0.25, 0.3) is 11.5 Å². The summed E-state index contributed by atoms with van der Waals surface area (Å²) in [6.07, 6.45) is 4.47. The first kappa shape index (κ1) is 18.8. The maximum Gasteiger partial charge on any atom is 0.242 e. The molecule has 0 amide bonds. The van der Waals surface area contributed by atoms with Gasteiger partial charge in [-0.05, 0) is 35.4 Å². The fourth-order valence-corrected chi connectivity index (χ4v) is 4.19. The van der Waals surface area contributed by atoms with E-state index >= 15 is 0 Å². The predicted molar refractivity (Wildman–Crippen MR) is 110 cm³/mol. The highest BCUT2D eigenvalue weighted by atomic mass is 19.1. The molecule has 0 radical (unpaired) electrons. The van der Waals surface area contributed by atoms with E-state index in [2.05, 4.69) is 16.2 Å². The second-order valence-corrected chi connectivity index (χ2v) is 7.38. The number of rotatable bonds is 3. The molecule has 5 rings (SSSR count). The maximum atomic E-state index is 13.7. The van der Waals surface area contributed by atoms with E-state index in [-0.39, 0.29) is 23.5 Å². The van der Waals surface area contributed by atoms with Crippen LogP contribution in [-0.2, 0) is 6.54 Å². The van der Waals surface area contributed by atoms with Crippen molar-refractivity contribution in [1.82, 2.24) is 19.3 Å². The molecular weight excluding hydrogens is 397 g/mol. The predicted octanol–water partition coefficient (Wildman–Crippen LogP) is 3.21. The first-order valence-corrected chi connectivity index (χ1v) is 9.64. The minimum atomic E-state index is -0.585. The van der Waals surface area contributed by atoms with Crippen LogP contribution in [0, 0.1) is 17.1 Å². The number of fused-ring (bicyclic) bond motifs is 3. The van der Waals surface area contributed by atoms with E-state index < -0.39 is 11.2 Å². The number of hydrogen-bond donors (Lipinski definition) is 1. The Hall–Kier alpha value is -4.25. The topological polar surface area (TPSA) is 96.7 Å². The van der Waals surface area contributed by atoms with Crippen LogP contribution in [-0.4, -0.2) is 24.4 Å². The van der Waals surface area contributed by atoms with E-state index in [0.29, 0.717) is 17.9 Å². The van der Waals surface area contributed by atoms with Gasteiger partial charge < -0.3 is 9.67 Å². The Morgan fingerprint density at radius 1 is 1.13 bits per heavy atom. The molecule has 0 spiro atoms. The summed E-state index contributed by atoms with van der Waals surface area (Å²) in [5.41, 5.74) is 1.92. The van der Waals surface area contributed by atoms with Crippen LogP contribution >= 0.6 is 0 Å². The van der Waals surface area contributed by atoms with Crippen LogP contribution in [0.4, 0.5) is 4.39 Å². The van der Waals surface area contributed by atoms with Crippen molar-refractivity contribution in [3.63, 3.8) is 0 Å². The number of benzene rings is 2. The summed E-state index contributed by atoms with van der Waals surface area (Å²) in [4.78, 5) is 16.4. The molecular formula is C23H16FN5O2. The summed E-state index contributed by atoms with van der Waals surface area (Å²) in [6.45, 7) is 0.472. The lowest BCUT2D eigenvalue weighted by Crippen LogP contribution is -2.32. The second kappa shape index (κ2) is 7.22. The van der Waals surface area contributed by atoms with Crippen LogP contribution in [0.1, 0.15) is 28.7 Å². The number of hydrogen-bond acceptors (Lipinski definition) is 5. The molecule has 0 saturated heterocycles. The minimum absolute atomic E-state index is 0.245. The van der Waals surface area contributed by atoms with Crippen LogP contribution in [0.5, 0.6) is 5.75 Å². The van der Waals surface area contributed by atoms with Crippen molar-refractivity contribution < 1.29 is 9.50 Å². The van der Waals surface area contributed by atoms with Crippen molar-refractivity contribution in [2.24, 2.45) is 0 Å². The van der Waals surface area contributed by atoms with Crippen LogP contribution in [0.3, 0.4) is 0 Å². The zero-order valence-corrected chi connectivity index (χ0v) is 16.2. The zero-order chi connectivity index (χ0) is 21.5. The van der Waals surface area contributed by atoms with Gasteiger partial charge >= 0.3 is 0 Å². The van der Waals surface area contributed by atoms with Gasteiger partial charge in [0.05, 0.1) is 23.9 Å². The fraction of sp³-hybridized carbons (Fsp3) is 0.130. The van der Waals surface area contributed by atoms with Gasteiger partial charge in [-0.1, -0.05) is 24.3 Å². The molecule has 152 valence electrons. The Labute approximate surface area is 176 Å². The zero-order valence-electron chi connectivity index (χ0n) is 16.2. The molecule has 2 atom stereocenters. The van der Waals surface area contributed by atoms with Crippen LogP contribution in [0.2, 0.25) is 0 Å². The molecule has 2 aromatic heterocycles. The smallest absolute Gasteiger partial charge is 0.242 e. The Morgan fingerprint density at radius 2 is 1.81 bits per heavy atom. The minimum Gasteiger partial charge on any atom is -0.503 e. The summed E-state index contributed by atoms with van der Waals surface area (Å²) in [5, 5.41) is 24.0. The largest absolute Gasteiger partial charge is 0.503 e. The molecule has 1 N–H and O–H groups in total. The highest BCUT2D eigenvalue weighted by molar-refractivity contribution is 5.60. The average molecular weight is 413 g/mol. The molecule has 0 saturated carbocycles. The van der Waals surface area contributed by atoms with Gasteiger partial charge in [0.15, 0.2) is 11.6 Å². The van der Waals surface area contributed by atoms with Gasteiger partial charge in [-0.15, -0.1) is 0 Å². The van der Waals surface area contributed by atoms with E-state index in [1.54, 1.807) is 41.3 Å². The molecule has 7 nitrogen and oxygen atoms in total. The van der Waals surface area contributed by atoms with Gasteiger partial charge in [0.2, 0.25) is 5.43 Å². The van der Waals surface area contributed by atoms with E-state index in [0.717, 1.165) is 17.3 Å². The first-order valence-electron chi connectivity index (χ1n) is 9.64. The number of nitriles is 1. The number of imidazole rings is 1. The Balaban J connectivity index is 1.73. The average Bonchev–Trinajstić information content (AvgIpc) is 3.26. The molecule has 1 aliphatic heterocycles. The third-order valence-electron chi connectivity index (χ3n) is 5.62. The third-order valence-corrected chi connectivity index (χ3v) is 5.62. The first-order chi connectivity index (χ1) is 15.1. The van der Waals surface area contributed by atoms with Gasteiger partial charge in [-0.3, -0.25) is 9.48 Å². The molecule has 0 unspecified atom stereocenters. The highest BCUT2D eigenvalue weighted by Gasteiger charge is 2.35.